The third-order valence-electron chi connectivity index (χ3n) is 3.30. The minimum absolute atomic E-state index is 0.0663. The zero-order chi connectivity index (χ0) is 12.6. The first kappa shape index (κ1) is 12.5. The van der Waals surface area contributed by atoms with Crippen LogP contribution >= 0.6 is 0 Å². The van der Waals surface area contributed by atoms with Gasteiger partial charge in [-0.3, -0.25) is 0 Å². The molecule has 96 valence electrons. The van der Waals surface area contributed by atoms with Crippen molar-refractivity contribution in [2.45, 2.75) is 46.3 Å². The molecule has 0 aliphatic carbocycles. The van der Waals surface area contributed by atoms with Crippen LogP contribution in [0, 0.1) is 11.3 Å². The Morgan fingerprint density at radius 1 is 1.41 bits per heavy atom. The van der Waals surface area contributed by atoms with Crippen molar-refractivity contribution < 1.29 is 9.26 Å². The van der Waals surface area contributed by atoms with Gasteiger partial charge in [0, 0.05) is 6.61 Å². The number of hydrogen-bond acceptors (Lipinski definition) is 5. The Hall–Kier alpha value is -0.940. The summed E-state index contributed by atoms with van der Waals surface area (Å²) in [5.41, 5.74) is 6.01. The van der Waals surface area contributed by atoms with Gasteiger partial charge in [0.25, 0.3) is 5.89 Å². The fourth-order valence-electron chi connectivity index (χ4n) is 1.89. The average Bonchev–Trinajstić information content (AvgIpc) is 2.83. The van der Waals surface area contributed by atoms with Crippen molar-refractivity contribution in [2.24, 2.45) is 17.1 Å². The first-order valence-corrected chi connectivity index (χ1v) is 6.10. The van der Waals surface area contributed by atoms with Crippen LogP contribution < -0.4 is 5.73 Å². The molecule has 1 aromatic rings. The summed E-state index contributed by atoms with van der Waals surface area (Å²) < 4.78 is 10.9. The maximum atomic E-state index is 6.09. The monoisotopic (exact) mass is 239 g/mol. The summed E-state index contributed by atoms with van der Waals surface area (Å²) >= 11 is 0. The standard InChI is InChI=1S/C12H21N3O2/c1-7-5-6-16-8(7)11-14-10(15-17-11)9(13)12(2,3)4/h7-9H,5-6,13H2,1-4H3. The Morgan fingerprint density at radius 2 is 2.12 bits per heavy atom. The molecular formula is C12H21N3O2. The lowest BCUT2D eigenvalue weighted by atomic mass is 9.87. The fraction of sp³-hybridized carbons (Fsp3) is 0.833. The smallest absolute Gasteiger partial charge is 0.256 e. The maximum Gasteiger partial charge on any atom is 0.256 e. The van der Waals surface area contributed by atoms with Crippen LogP contribution in [-0.2, 0) is 4.74 Å². The molecule has 5 heteroatoms. The number of nitrogens with zero attached hydrogens (tertiary/aromatic N) is 2. The maximum absolute atomic E-state index is 6.09. The van der Waals surface area contributed by atoms with E-state index in [-0.39, 0.29) is 17.6 Å². The highest BCUT2D eigenvalue weighted by atomic mass is 16.5. The molecule has 17 heavy (non-hydrogen) atoms. The number of nitrogens with two attached hydrogens (primary N) is 1. The van der Waals surface area contributed by atoms with Crippen LogP contribution in [0.1, 0.15) is 58.0 Å². The number of aromatic nitrogens is 2. The van der Waals surface area contributed by atoms with E-state index in [1.54, 1.807) is 0 Å². The van der Waals surface area contributed by atoms with Crippen LogP contribution in [0.2, 0.25) is 0 Å². The lowest BCUT2D eigenvalue weighted by molar-refractivity contribution is 0.0661. The molecule has 0 spiro atoms. The second-order valence-corrected chi connectivity index (χ2v) is 5.89. The van der Waals surface area contributed by atoms with Crippen LogP contribution in [0.15, 0.2) is 4.52 Å². The van der Waals surface area contributed by atoms with Gasteiger partial charge in [0.2, 0.25) is 0 Å². The molecule has 0 saturated carbocycles. The van der Waals surface area contributed by atoms with Crippen LogP contribution in [0.4, 0.5) is 0 Å². The van der Waals surface area contributed by atoms with Gasteiger partial charge in [0.15, 0.2) is 5.82 Å². The first-order valence-electron chi connectivity index (χ1n) is 6.10. The summed E-state index contributed by atoms with van der Waals surface area (Å²) in [7, 11) is 0. The highest BCUT2D eigenvalue weighted by molar-refractivity contribution is 5.00. The zero-order valence-corrected chi connectivity index (χ0v) is 10.9. The van der Waals surface area contributed by atoms with Gasteiger partial charge in [0.05, 0.1) is 6.04 Å². The number of hydrogen-bond donors (Lipinski definition) is 1. The summed E-state index contributed by atoms with van der Waals surface area (Å²) in [6.07, 6.45) is 0.969. The van der Waals surface area contributed by atoms with Gasteiger partial charge in [-0.25, -0.2) is 0 Å². The molecule has 1 saturated heterocycles. The summed E-state index contributed by atoms with van der Waals surface area (Å²) in [6, 6.07) is -0.225. The van der Waals surface area contributed by atoms with E-state index in [0.29, 0.717) is 17.6 Å². The molecule has 0 bridgehead atoms. The van der Waals surface area contributed by atoms with E-state index in [9.17, 15) is 0 Å². The Labute approximate surface area is 102 Å². The highest BCUT2D eigenvalue weighted by Gasteiger charge is 2.33. The Balaban J connectivity index is 2.16. The molecule has 0 aromatic carbocycles. The second kappa shape index (κ2) is 4.38. The SMILES string of the molecule is CC1CCOC1c1nc(C(N)C(C)(C)C)no1. The van der Waals surface area contributed by atoms with Gasteiger partial charge in [-0.1, -0.05) is 32.9 Å². The molecule has 5 nitrogen and oxygen atoms in total. The largest absolute Gasteiger partial charge is 0.368 e. The third-order valence-corrected chi connectivity index (χ3v) is 3.30. The van der Waals surface area contributed by atoms with Crippen molar-refractivity contribution >= 4 is 0 Å². The molecule has 0 radical (unpaired) electrons. The molecule has 3 unspecified atom stereocenters. The van der Waals surface area contributed by atoms with E-state index in [1.165, 1.54) is 0 Å². The fourth-order valence-corrected chi connectivity index (χ4v) is 1.89. The van der Waals surface area contributed by atoms with Crippen LogP contribution in [0.3, 0.4) is 0 Å². The van der Waals surface area contributed by atoms with Crippen molar-refractivity contribution in [2.75, 3.05) is 6.61 Å². The van der Waals surface area contributed by atoms with E-state index >= 15 is 0 Å². The van der Waals surface area contributed by atoms with E-state index < -0.39 is 0 Å². The molecule has 1 aliphatic heterocycles. The molecule has 1 aliphatic rings. The summed E-state index contributed by atoms with van der Waals surface area (Å²) in [5.74, 6) is 1.55. The highest BCUT2D eigenvalue weighted by Crippen LogP contribution is 2.34. The van der Waals surface area contributed by atoms with Crippen molar-refractivity contribution in [3.8, 4) is 0 Å². The van der Waals surface area contributed by atoms with Gasteiger partial charge in [0.1, 0.15) is 6.10 Å². The van der Waals surface area contributed by atoms with Gasteiger partial charge < -0.3 is 15.0 Å². The summed E-state index contributed by atoms with van der Waals surface area (Å²) in [6.45, 7) is 9.06. The molecule has 2 N–H and O–H groups in total. The van der Waals surface area contributed by atoms with Gasteiger partial charge in [-0.05, 0) is 17.8 Å². The van der Waals surface area contributed by atoms with Crippen molar-refractivity contribution in [1.29, 1.82) is 0 Å². The predicted octanol–water partition coefficient (Wildman–Crippen LogP) is 2.21. The molecular weight excluding hydrogens is 218 g/mol. The molecule has 1 fully saturated rings. The topological polar surface area (TPSA) is 74.2 Å². The third kappa shape index (κ3) is 2.50. The minimum Gasteiger partial charge on any atom is -0.368 e. The quantitative estimate of drug-likeness (QED) is 0.856. The normalized spacial score (nSPS) is 27.4. The lowest BCUT2D eigenvalue weighted by Gasteiger charge is -2.23. The van der Waals surface area contributed by atoms with E-state index in [0.717, 1.165) is 13.0 Å². The Bertz CT molecular complexity index is 367. The summed E-state index contributed by atoms with van der Waals surface area (Å²) in [5, 5.41) is 3.97. The molecule has 0 amide bonds. The van der Waals surface area contributed by atoms with Gasteiger partial charge in [-0.15, -0.1) is 0 Å². The number of ether oxygens (including phenoxy) is 1. The van der Waals surface area contributed by atoms with E-state index in [1.807, 2.05) is 0 Å². The van der Waals surface area contributed by atoms with E-state index in [4.69, 9.17) is 15.0 Å². The molecule has 2 heterocycles. The van der Waals surface area contributed by atoms with Crippen molar-refractivity contribution in [3.63, 3.8) is 0 Å². The first-order chi connectivity index (χ1) is 7.89. The Kier molecular flexibility index (Phi) is 3.23. The minimum atomic E-state index is -0.225. The zero-order valence-electron chi connectivity index (χ0n) is 10.9. The molecule has 1 aromatic heterocycles. The van der Waals surface area contributed by atoms with Gasteiger partial charge in [-0.2, -0.15) is 4.98 Å². The summed E-state index contributed by atoms with van der Waals surface area (Å²) in [4.78, 5) is 4.38. The van der Waals surface area contributed by atoms with Crippen molar-refractivity contribution in [3.05, 3.63) is 11.7 Å². The lowest BCUT2D eigenvalue weighted by Crippen LogP contribution is -2.27. The van der Waals surface area contributed by atoms with Crippen molar-refractivity contribution in [1.82, 2.24) is 10.1 Å². The number of rotatable bonds is 2. The van der Waals surface area contributed by atoms with Gasteiger partial charge >= 0.3 is 0 Å². The van der Waals surface area contributed by atoms with Crippen LogP contribution in [-0.4, -0.2) is 16.7 Å². The average molecular weight is 239 g/mol. The van der Waals surface area contributed by atoms with Crippen LogP contribution in [0.25, 0.3) is 0 Å². The Morgan fingerprint density at radius 3 is 2.65 bits per heavy atom. The van der Waals surface area contributed by atoms with E-state index in [2.05, 4.69) is 37.8 Å². The van der Waals surface area contributed by atoms with Crippen LogP contribution in [0.5, 0.6) is 0 Å². The molecule has 2 rings (SSSR count). The predicted molar refractivity (Wildman–Crippen MR) is 63.2 cm³/mol. The second-order valence-electron chi connectivity index (χ2n) is 5.89. The molecule has 3 atom stereocenters.